The predicted molar refractivity (Wildman–Crippen MR) is 116 cm³/mol. The Morgan fingerprint density at radius 1 is 1.00 bits per heavy atom. The Hall–Kier alpha value is -3.06. The van der Waals surface area contributed by atoms with Gasteiger partial charge in [0.05, 0.1) is 18.7 Å². The van der Waals surface area contributed by atoms with Gasteiger partial charge in [0, 0.05) is 13.1 Å². The Kier molecular flexibility index (Phi) is 7.17. The van der Waals surface area contributed by atoms with Crippen LogP contribution in [0.2, 0.25) is 0 Å². The number of rotatable bonds is 5. The van der Waals surface area contributed by atoms with Gasteiger partial charge in [-0.25, -0.2) is 9.59 Å². The molecule has 31 heavy (non-hydrogen) atoms. The fraction of sp³-hybridized carbons (Fsp3) is 0.417. The van der Waals surface area contributed by atoms with Gasteiger partial charge < -0.3 is 19.5 Å². The van der Waals surface area contributed by atoms with Gasteiger partial charge in [-0.1, -0.05) is 60.7 Å². The highest BCUT2D eigenvalue weighted by Gasteiger charge is 2.41. The van der Waals surface area contributed by atoms with Crippen molar-refractivity contribution in [2.45, 2.75) is 51.7 Å². The maximum atomic E-state index is 13.0. The van der Waals surface area contributed by atoms with E-state index in [1.807, 2.05) is 60.7 Å². The van der Waals surface area contributed by atoms with Crippen molar-refractivity contribution in [2.24, 2.45) is 0 Å². The van der Waals surface area contributed by atoms with Crippen LogP contribution in [0.5, 0.6) is 0 Å². The Morgan fingerprint density at radius 2 is 1.58 bits per heavy atom. The van der Waals surface area contributed by atoms with E-state index in [1.54, 1.807) is 20.8 Å². The van der Waals surface area contributed by atoms with E-state index < -0.39 is 29.9 Å². The summed E-state index contributed by atoms with van der Waals surface area (Å²) in [5, 5.41) is 10.7. The number of hydrogen-bond acceptors (Lipinski definition) is 5. The van der Waals surface area contributed by atoms with Crippen molar-refractivity contribution >= 4 is 12.2 Å². The van der Waals surface area contributed by atoms with Crippen LogP contribution >= 0.6 is 0 Å². The molecule has 0 spiro atoms. The number of aliphatic hydroxyl groups excluding tert-OH is 1. The Balaban J connectivity index is 1.73. The summed E-state index contributed by atoms with van der Waals surface area (Å²) in [6, 6.07) is 18.3. The number of likely N-dealkylation sites (tertiary alicyclic amines) is 1. The molecule has 0 aliphatic carbocycles. The number of hydrogen-bond donors (Lipinski definition) is 1. The minimum atomic E-state index is -0.902. The molecule has 2 aromatic rings. The molecule has 1 aliphatic rings. The quantitative estimate of drug-likeness (QED) is 0.787. The molecular weight excluding hydrogens is 396 g/mol. The zero-order valence-electron chi connectivity index (χ0n) is 18.2. The highest BCUT2D eigenvalue weighted by molar-refractivity contribution is 5.71. The maximum absolute atomic E-state index is 13.0. The van der Waals surface area contributed by atoms with E-state index in [9.17, 15) is 14.7 Å². The van der Waals surface area contributed by atoms with Gasteiger partial charge in [0.2, 0.25) is 0 Å². The van der Waals surface area contributed by atoms with Crippen molar-refractivity contribution in [2.75, 3.05) is 13.1 Å². The third-order valence-corrected chi connectivity index (χ3v) is 4.95. The first-order chi connectivity index (χ1) is 14.7. The molecule has 7 nitrogen and oxygen atoms in total. The summed E-state index contributed by atoms with van der Waals surface area (Å²) in [4.78, 5) is 28.4. The second-order valence-electron chi connectivity index (χ2n) is 8.67. The van der Waals surface area contributed by atoms with Crippen LogP contribution in [-0.4, -0.2) is 57.9 Å². The van der Waals surface area contributed by atoms with E-state index in [1.165, 1.54) is 9.80 Å². The maximum Gasteiger partial charge on any atom is 0.410 e. The largest absolute Gasteiger partial charge is 0.445 e. The van der Waals surface area contributed by atoms with Crippen LogP contribution in [0, 0.1) is 0 Å². The average Bonchev–Trinajstić information content (AvgIpc) is 3.12. The monoisotopic (exact) mass is 426 g/mol. The number of β-amino-alcohol motifs (C(OH)–C–C–N with tert-alkyl or cyclic N) is 1. The lowest BCUT2D eigenvalue weighted by molar-refractivity contribution is 0.0267. The van der Waals surface area contributed by atoms with Crippen LogP contribution in [0.25, 0.3) is 0 Å². The summed E-state index contributed by atoms with van der Waals surface area (Å²) < 4.78 is 11.0. The second kappa shape index (κ2) is 9.83. The number of ether oxygens (including phenoxy) is 2. The van der Waals surface area contributed by atoms with Crippen molar-refractivity contribution < 1.29 is 24.2 Å². The third-order valence-electron chi connectivity index (χ3n) is 4.95. The van der Waals surface area contributed by atoms with Gasteiger partial charge in [-0.3, -0.25) is 4.90 Å². The molecule has 166 valence electrons. The SMILES string of the molecule is CC(C)(C)OC(=O)N1C[C@@H](N(Cc2ccccc2)C(=O)OCc2ccccc2)[C@@H](O)C1. The Labute approximate surface area is 183 Å². The average molecular weight is 427 g/mol. The van der Waals surface area contributed by atoms with E-state index in [0.717, 1.165) is 11.1 Å². The van der Waals surface area contributed by atoms with Gasteiger partial charge in [0.1, 0.15) is 12.2 Å². The molecule has 0 saturated carbocycles. The van der Waals surface area contributed by atoms with E-state index in [-0.39, 0.29) is 26.2 Å². The number of nitrogens with zero attached hydrogens (tertiary/aromatic N) is 2. The Morgan fingerprint density at radius 3 is 2.16 bits per heavy atom. The minimum absolute atomic E-state index is 0.0941. The predicted octanol–water partition coefficient (Wildman–Crippen LogP) is 3.81. The normalized spacial score (nSPS) is 18.5. The molecule has 7 heteroatoms. The lowest BCUT2D eigenvalue weighted by Gasteiger charge is -2.30. The highest BCUT2D eigenvalue weighted by Crippen LogP contribution is 2.22. The molecule has 1 saturated heterocycles. The van der Waals surface area contributed by atoms with Gasteiger partial charge in [0.25, 0.3) is 0 Å². The van der Waals surface area contributed by atoms with Gasteiger partial charge in [-0.05, 0) is 31.9 Å². The highest BCUT2D eigenvalue weighted by atomic mass is 16.6. The van der Waals surface area contributed by atoms with E-state index >= 15 is 0 Å². The summed E-state index contributed by atoms with van der Waals surface area (Å²) in [5.41, 5.74) is 1.14. The molecule has 1 N–H and O–H groups in total. The fourth-order valence-electron chi connectivity index (χ4n) is 3.45. The minimum Gasteiger partial charge on any atom is -0.445 e. The number of carbonyl (C=O) groups is 2. The summed E-state index contributed by atoms with van der Waals surface area (Å²) in [7, 11) is 0. The van der Waals surface area contributed by atoms with E-state index in [2.05, 4.69) is 0 Å². The molecule has 0 bridgehead atoms. The van der Waals surface area contributed by atoms with Crippen LogP contribution in [0.4, 0.5) is 9.59 Å². The first-order valence-corrected chi connectivity index (χ1v) is 10.4. The van der Waals surface area contributed by atoms with Crippen molar-refractivity contribution in [3.63, 3.8) is 0 Å². The summed E-state index contributed by atoms with van der Waals surface area (Å²) >= 11 is 0. The van der Waals surface area contributed by atoms with Gasteiger partial charge in [-0.2, -0.15) is 0 Å². The van der Waals surface area contributed by atoms with Crippen molar-refractivity contribution in [1.29, 1.82) is 0 Å². The molecule has 1 heterocycles. The van der Waals surface area contributed by atoms with Crippen LogP contribution in [0.1, 0.15) is 31.9 Å². The van der Waals surface area contributed by atoms with Crippen molar-refractivity contribution in [3.05, 3.63) is 71.8 Å². The number of carbonyl (C=O) groups excluding carboxylic acids is 2. The lowest BCUT2D eigenvalue weighted by atomic mass is 10.1. The molecule has 0 radical (unpaired) electrons. The molecule has 0 aromatic heterocycles. The smallest absolute Gasteiger partial charge is 0.410 e. The summed E-state index contributed by atoms with van der Waals surface area (Å²) in [6.45, 7) is 6.02. The Bertz CT molecular complexity index is 867. The van der Waals surface area contributed by atoms with Crippen molar-refractivity contribution in [1.82, 2.24) is 9.80 Å². The second-order valence-corrected chi connectivity index (χ2v) is 8.67. The lowest BCUT2D eigenvalue weighted by Crippen LogP contribution is -2.47. The van der Waals surface area contributed by atoms with Crippen LogP contribution in [0.15, 0.2) is 60.7 Å². The van der Waals surface area contributed by atoms with Gasteiger partial charge >= 0.3 is 12.2 Å². The molecule has 1 fully saturated rings. The third kappa shape index (κ3) is 6.46. The zero-order valence-corrected chi connectivity index (χ0v) is 18.2. The molecule has 1 aliphatic heterocycles. The molecule has 2 atom stereocenters. The summed E-state index contributed by atoms with van der Waals surface area (Å²) in [5.74, 6) is 0. The molecule has 2 amide bonds. The van der Waals surface area contributed by atoms with Crippen LogP contribution < -0.4 is 0 Å². The molecule has 2 aromatic carbocycles. The molecule has 3 rings (SSSR count). The fourth-order valence-corrected chi connectivity index (χ4v) is 3.45. The first-order valence-electron chi connectivity index (χ1n) is 10.4. The number of benzene rings is 2. The van der Waals surface area contributed by atoms with Crippen LogP contribution in [0.3, 0.4) is 0 Å². The molecular formula is C24H30N2O5. The van der Waals surface area contributed by atoms with Gasteiger partial charge in [-0.15, -0.1) is 0 Å². The summed E-state index contributed by atoms with van der Waals surface area (Å²) in [6.07, 6.45) is -1.95. The molecule has 0 unspecified atom stereocenters. The standard InChI is InChI=1S/C24H30N2O5/c1-24(2,3)31-22(28)25-15-20(21(27)16-25)26(14-18-10-6-4-7-11-18)23(29)30-17-19-12-8-5-9-13-19/h4-13,20-21,27H,14-17H2,1-3H3/t20-,21+/m1/s1. The number of aliphatic hydroxyl groups is 1. The topological polar surface area (TPSA) is 79.3 Å². The van der Waals surface area contributed by atoms with E-state index in [0.29, 0.717) is 0 Å². The first kappa shape index (κ1) is 22.6. The van der Waals surface area contributed by atoms with E-state index in [4.69, 9.17) is 9.47 Å². The van der Waals surface area contributed by atoms with Gasteiger partial charge in [0.15, 0.2) is 0 Å². The van der Waals surface area contributed by atoms with Crippen LogP contribution in [-0.2, 0) is 22.6 Å². The number of amides is 2. The zero-order chi connectivity index (χ0) is 22.4. The van der Waals surface area contributed by atoms with Crippen molar-refractivity contribution in [3.8, 4) is 0 Å².